The van der Waals surface area contributed by atoms with Gasteiger partial charge in [0, 0.05) is 5.02 Å². The maximum Gasteiger partial charge on any atom is 0.234 e. The highest BCUT2D eigenvalue weighted by molar-refractivity contribution is 6.30. The number of methoxy groups -OCH3 is 1. The second-order valence-corrected chi connectivity index (χ2v) is 5.72. The number of benzene rings is 2. The molecule has 2 aromatic carbocycles. The number of hydrogen-bond donors (Lipinski definition) is 1. The maximum absolute atomic E-state index is 12.6. The average molecular weight is 304 g/mol. The number of carbonyl (C=O) groups is 1. The zero-order valence-electron chi connectivity index (χ0n) is 12.3. The van der Waals surface area contributed by atoms with Gasteiger partial charge in [-0.2, -0.15) is 0 Å². The summed E-state index contributed by atoms with van der Waals surface area (Å²) in [5.41, 5.74) is 0.886. The lowest BCUT2D eigenvalue weighted by Crippen LogP contribution is -2.34. The van der Waals surface area contributed by atoms with Crippen molar-refractivity contribution < 1.29 is 9.53 Å². The molecule has 0 aliphatic rings. The van der Waals surface area contributed by atoms with E-state index in [9.17, 15) is 4.79 Å². The summed E-state index contributed by atoms with van der Waals surface area (Å²) in [6.45, 7) is 3.75. The van der Waals surface area contributed by atoms with Gasteiger partial charge in [-0.1, -0.05) is 35.9 Å². The number of hydrogen-bond acceptors (Lipinski definition) is 2. The molecule has 4 heteroatoms. The minimum Gasteiger partial charge on any atom is -0.495 e. The quantitative estimate of drug-likeness (QED) is 0.916. The van der Waals surface area contributed by atoms with E-state index < -0.39 is 5.41 Å². The molecule has 0 aliphatic heterocycles. The number of amides is 1. The molecule has 0 bridgehead atoms. The van der Waals surface area contributed by atoms with Crippen LogP contribution in [-0.2, 0) is 10.2 Å². The number of nitrogens with one attached hydrogen (secondary N) is 1. The molecule has 110 valence electrons. The fourth-order valence-corrected chi connectivity index (χ4v) is 2.15. The molecule has 0 saturated carbocycles. The Bertz CT molecular complexity index is 635. The third kappa shape index (κ3) is 3.37. The monoisotopic (exact) mass is 303 g/mol. The third-order valence-corrected chi connectivity index (χ3v) is 3.74. The number of carbonyl (C=O) groups excluding carboxylic acids is 1. The first-order valence-corrected chi connectivity index (χ1v) is 7.03. The highest BCUT2D eigenvalue weighted by Crippen LogP contribution is 2.29. The molecule has 0 atom stereocenters. The lowest BCUT2D eigenvalue weighted by Gasteiger charge is -2.24. The number of ether oxygens (including phenoxy) is 1. The molecule has 3 nitrogen and oxygen atoms in total. The second kappa shape index (κ2) is 6.19. The van der Waals surface area contributed by atoms with Gasteiger partial charge >= 0.3 is 0 Å². The van der Waals surface area contributed by atoms with Gasteiger partial charge < -0.3 is 10.1 Å². The van der Waals surface area contributed by atoms with Crippen LogP contribution in [-0.4, -0.2) is 13.0 Å². The molecule has 0 heterocycles. The van der Waals surface area contributed by atoms with Crippen LogP contribution in [0, 0.1) is 0 Å². The summed E-state index contributed by atoms with van der Waals surface area (Å²) in [6.07, 6.45) is 0. The summed E-state index contributed by atoms with van der Waals surface area (Å²) in [6, 6.07) is 14.6. The molecule has 0 spiro atoms. The van der Waals surface area contributed by atoms with Crippen LogP contribution in [0.5, 0.6) is 5.75 Å². The number of anilines is 1. The molecule has 2 aromatic rings. The van der Waals surface area contributed by atoms with Crippen LogP contribution < -0.4 is 10.1 Å². The largest absolute Gasteiger partial charge is 0.495 e. The van der Waals surface area contributed by atoms with Crippen molar-refractivity contribution in [1.29, 1.82) is 0 Å². The first-order valence-electron chi connectivity index (χ1n) is 6.65. The normalized spacial score (nSPS) is 11.0. The zero-order valence-corrected chi connectivity index (χ0v) is 13.1. The molecule has 0 aromatic heterocycles. The predicted molar refractivity (Wildman–Crippen MR) is 86.1 cm³/mol. The van der Waals surface area contributed by atoms with E-state index in [1.54, 1.807) is 19.2 Å². The van der Waals surface area contributed by atoms with E-state index in [-0.39, 0.29) is 5.91 Å². The van der Waals surface area contributed by atoms with Crippen LogP contribution in [0.2, 0.25) is 5.02 Å². The minimum atomic E-state index is -0.675. The summed E-state index contributed by atoms with van der Waals surface area (Å²) in [7, 11) is 1.58. The Morgan fingerprint density at radius 1 is 1.10 bits per heavy atom. The van der Waals surface area contributed by atoms with Gasteiger partial charge in [-0.15, -0.1) is 0 Å². The number of para-hydroxylation sites is 2. The van der Waals surface area contributed by atoms with Gasteiger partial charge in [-0.25, -0.2) is 0 Å². The summed E-state index contributed by atoms with van der Waals surface area (Å²) in [5.74, 6) is 0.534. The summed E-state index contributed by atoms with van der Waals surface area (Å²) in [4.78, 5) is 12.6. The van der Waals surface area contributed by atoms with Crippen molar-refractivity contribution in [2.45, 2.75) is 19.3 Å². The Morgan fingerprint density at radius 3 is 2.33 bits per heavy atom. The number of halogens is 1. The molecule has 1 N–H and O–H groups in total. The van der Waals surface area contributed by atoms with Crippen molar-refractivity contribution in [1.82, 2.24) is 0 Å². The van der Waals surface area contributed by atoms with Crippen molar-refractivity contribution in [3.05, 3.63) is 59.1 Å². The summed E-state index contributed by atoms with van der Waals surface area (Å²) in [5, 5.41) is 3.57. The molecule has 0 aliphatic carbocycles. The molecule has 0 radical (unpaired) electrons. The average Bonchev–Trinajstić information content (AvgIpc) is 2.48. The third-order valence-electron chi connectivity index (χ3n) is 3.49. The van der Waals surface area contributed by atoms with Gasteiger partial charge in [0.05, 0.1) is 18.2 Å². The molecule has 2 rings (SSSR count). The van der Waals surface area contributed by atoms with Crippen LogP contribution in [0.3, 0.4) is 0 Å². The Morgan fingerprint density at radius 2 is 1.71 bits per heavy atom. The Balaban J connectivity index is 2.24. The lowest BCUT2D eigenvalue weighted by molar-refractivity contribution is -0.120. The van der Waals surface area contributed by atoms with Gasteiger partial charge in [-0.3, -0.25) is 4.79 Å². The van der Waals surface area contributed by atoms with Crippen molar-refractivity contribution in [3.8, 4) is 5.75 Å². The lowest BCUT2D eigenvalue weighted by atomic mass is 9.83. The van der Waals surface area contributed by atoms with Crippen molar-refractivity contribution in [3.63, 3.8) is 0 Å². The summed E-state index contributed by atoms with van der Waals surface area (Å²) < 4.78 is 5.25. The van der Waals surface area contributed by atoms with Crippen molar-refractivity contribution >= 4 is 23.2 Å². The molecule has 0 saturated heterocycles. The first-order chi connectivity index (χ1) is 9.95. The fraction of sp³-hybridized carbons (Fsp3) is 0.235. The van der Waals surface area contributed by atoms with Gasteiger partial charge in [0.1, 0.15) is 5.75 Å². The van der Waals surface area contributed by atoms with Crippen LogP contribution >= 0.6 is 11.6 Å². The second-order valence-electron chi connectivity index (χ2n) is 5.29. The Labute approximate surface area is 129 Å². The summed E-state index contributed by atoms with van der Waals surface area (Å²) >= 11 is 5.89. The van der Waals surface area contributed by atoms with E-state index in [2.05, 4.69) is 5.32 Å². The maximum atomic E-state index is 12.6. The van der Waals surface area contributed by atoms with Gasteiger partial charge in [0.2, 0.25) is 5.91 Å². The SMILES string of the molecule is COc1ccccc1NC(=O)C(C)(C)c1ccc(Cl)cc1. The zero-order chi connectivity index (χ0) is 15.5. The standard InChI is InChI=1S/C17H18ClNO2/c1-17(2,12-8-10-13(18)11-9-12)16(20)19-14-6-4-5-7-15(14)21-3/h4-11H,1-3H3,(H,19,20). The molecule has 0 unspecified atom stereocenters. The predicted octanol–water partition coefficient (Wildman–Crippen LogP) is 4.26. The van der Waals surface area contributed by atoms with E-state index >= 15 is 0 Å². The van der Waals surface area contributed by atoms with Gasteiger partial charge in [-0.05, 0) is 43.7 Å². The van der Waals surface area contributed by atoms with Crippen molar-refractivity contribution in [2.75, 3.05) is 12.4 Å². The van der Waals surface area contributed by atoms with Gasteiger partial charge in [0.25, 0.3) is 0 Å². The minimum absolute atomic E-state index is 0.102. The highest BCUT2D eigenvalue weighted by Gasteiger charge is 2.30. The van der Waals surface area contributed by atoms with Crippen LogP contribution in [0.15, 0.2) is 48.5 Å². The van der Waals surface area contributed by atoms with E-state index in [4.69, 9.17) is 16.3 Å². The molecule has 0 fully saturated rings. The smallest absolute Gasteiger partial charge is 0.234 e. The molecule has 1 amide bonds. The van der Waals surface area contributed by atoms with Crippen LogP contribution in [0.1, 0.15) is 19.4 Å². The van der Waals surface area contributed by atoms with Crippen LogP contribution in [0.4, 0.5) is 5.69 Å². The molecular weight excluding hydrogens is 286 g/mol. The van der Waals surface area contributed by atoms with Gasteiger partial charge in [0.15, 0.2) is 0 Å². The Kier molecular flexibility index (Phi) is 4.53. The number of rotatable bonds is 4. The highest BCUT2D eigenvalue weighted by atomic mass is 35.5. The molecular formula is C17H18ClNO2. The molecule has 21 heavy (non-hydrogen) atoms. The Hall–Kier alpha value is -2.00. The van der Waals surface area contributed by atoms with Crippen molar-refractivity contribution in [2.24, 2.45) is 0 Å². The fourth-order valence-electron chi connectivity index (χ4n) is 2.02. The van der Waals surface area contributed by atoms with E-state index in [1.807, 2.05) is 50.2 Å². The van der Waals surface area contributed by atoms with E-state index in [1.165, 1.54) is 0 Å². The first kappa shape index (κ1) is 15.4. The van der Waals surface area contributed by atoms with E-state index in [0.717, 1.165) is 5.56 Å². The van der Waals surface area contributed by atoms with Crippen LogP contribution in [0.25, 0.3) is 0 Å². The van der Waals surface area contributed by atoms with E-state index in [0.29, 0.717) is 16.5 Å². The topological polar surface area (TPSA) is 38.3 Å².